The lowest BCUT2D eigenvalue weighted by Gasteiger charge is -2.19. The van der Waals surface area contributed by atoms with Crippen LogP contribution in [0, 0.1) is 0 Å². The Labute approximate surface area is 144 Å². The summed E-state index contributed by atoms with van der Waals surface area (Å²) in [4.78, 5) is 0. The number of benzene rings is 2. The topological polar surface area (TPSA) is 50.7 Å². The summed E-state index contributed by atoms with van der Waals surface area (Å²) in [5, 5.41) is 12.1. The Bertz CT molecular complexity index is 551. The second-order valence-corrected chi connectivity index (χ2v) is 5.82. The van der Waals surface area contributed by atoms with Crippen LogP contribution in [0.3, 0.4) is 0 Å². The largest absolute Gasteiger partial charge is 0.489 e. The lowest BCUT2D eigenvalue weighted by Crippen LogP contribution is -2.38. The van der Waals surface area contributed by atoms with E-state index in [1.54, 1.807) is 0 Å². The van der Waals surface area contributed by atoms with Crippen molar-refractivity contribution in [2.24, 2.45) is 0 Å². The van der Waals surface area contributed by atoms with E-state index in [-0.39, 0.29) is 6.61 Å². The zero-order valence-corrected chi connectivity index (χ0v) is 14.3. The minimum absolute atomic E-state index is 0.185. The maximum absolute atomic E-state index is 8.81. The molecule has 1 aliphatic heterocycles. The Morgan fingerprint density at radius 3 is 2.38 bits per heavy atom. The van der Waals surface area contributed by atoms with Gasteiger partial charge in [0.25, 0.3) is 0 Å². The zero-order valence-electron chi connectivity index (χ0n) is 14.3. The van der Waals surface area contributed by atoms with Gasteiger partial charge in [0.05, 0.1) is 13.2 Å². The van der Waals surface area contributed by atoms with Gasteiger partial charge in [0, 0.05) is 19.2 Å². The summed E-state index contributed by atoms with van der Waals surface area (Å²) < 4.78 is 10.8. The average molecular weight is 329 g/mol. The molecular formula is C20H27NO3. The molecule has 2 aromatic rings. The van der Waals surface area contributed by atoms with Gasteiger partial charge in [-0.3, -0.25) is 0 Å². The first-order chi connectivity index (χ1) is 11.8. The molecule has 0 aliphatic carbocycles. The van der Waals surface area contributed by atoms with Gasteiger partial charge in [-0.15, -0.1) is 0 Å². The SMILES string of the molecule is CC1COCCN1.OCCc1ccc(OCc2ccccc2)cc1. The molecule has 1 atom stereocenters. The van der Waals surface area contributed by atoms with Crippen molar-refractivity contribution >= 4 is 0 Å². The predicted molar refractivity (Wildman–Crippen MR) is 96.3 cm³/mol. The quantitative estimate of drug-likeness (QED) is 0.886. The van der Waals surface area contributed by atoms with Crippen molar-refractivity contribution in [2.75, 3.05) is 26.4 Å². The number of morpholine rings is 1. The number of nitrogens with one attached hydrogen (secondary N) is 1. The van der Waals surface area contributed by atoms with Gasteiger partial charge in [0.15, 0.2) is 0 Å². The summed E-state index contributed by atoms with van der Waals surface area (Å²) in [6.07, 6.45) is 0.693. The number of rotatable bonds is 5. The fourth-order valence-electron chi connectivity index (χ4n) is 2.32. The van der Waals surface area contributed by atoms with Crippen molar-refractivity contribution in [3.05, 3.63) is 65.7 Å². The number of aliphatic hydroxyl groups excluding tert-OH is 1. The summed E-state index contributed by atoms with van der Waals surface area (Å²) in [5.74, 6) is 0.857. The molecule has 24 heavy (non-hydrogen) atoms. The third-order valence-electron chi connectivity index (χ3n) is 3.68. The molecule has 0 spiro atoms. The maximum atomic E-state index is 8.81. The van der Waals surface area contributed by atoms with Crippen molar-refractivity contribution in [3.8, 4) is 5.75 Å². The third kappa shape index (κ3) is 7.13. The van der Waals surface area contributed by atoms with Gasteiger partial charge >= 0.3 is 0 Å². The van der Waals surface area contributed by atoms with E-state index < -0.39 is 0 Å². The Kier molecular flexibility index (Phi) is 8.32. The smallest absolute Gasteiger partial charge is 0.119 e. The first kappa shape index (κ1) is 18.5. The Balaban J connectivity index is 0.000000249. The second-order valence-electron chi connectivity index (χ2n) is 5.82. The van der Waals surface area contributed by atoms with Gasteiger partial charge in [-0.05, 0) is 36.6 Å². The van der Waals surface area contributed by atoms with E-state index in [9.17, 15) is 0 Å². The first-order valence-corrected chi connectivity index (χ1v) is 8.45. The van der Waals surface area contributed by atoms with Crippen LogP contribution < -0.4 is 10.1 Å². The van der Waals surface area contributed by atoms with E-state index in [4.69, 9.17) is 14.6 Å². The number of hydrogen-bond donors (Lipinski definition) is 2. The molecule has 2 aromatic carbocycles. The van der Waals surface area contributed by atoms with Gasteiger partial charge in [0.2, 0.25) is 0 Å². The molecule has 1 aliphatic rings. The van der Waals surface area contributed by atoms with Crippen molar-refractivity contribution in [1.29, 1.82) is 0 Å². The molecular weight excluding hydrogens is 302 g/mol. The zero-order chi connectivity index (χ0) is 17.0. The summed E-state index contributed by atoms with van der Waals surface area (Å²) in [5.41, 5.74) is 2.28. The van der Waals surface area contributed by atoms with Crippen LogP contribution in [-0.2, 0) is 17.8 Å². The molecule has 1 unspecified atom stereocenters. The van der Waals surface area contributed by atoms with Gasteiger partial charge in [-0.25, -0.2) is 0 Å². The van der Waals surface area contributed by atoms with E-state index in [0.29, 0.717) is 19.1 Å². The lowest BCUT2D eigenvalue weighted by molar-refractivity contribution is 0.0824. The molecule has 2 N–H and O–H groups in total. The lowest BCUT2D eigenvalue weighted by atomic mass is 10.1. The number of hydrogen-bond acceptors (Lipinski definition) is 4. The molecule has 4 nitrogen and oxygen atoms in total. The van der Waals surface area contributed by atoms with E-state index in [1.165, 1.54) is 0 Å². The fraction of sp³-hybridized carbons (Fsp3) is 0.400. The van der Waals surface area contributed by atoms with Crippen LogP contribution in [-0.4, -0.2) is 37.5 Å². The average Bonchev–Trinajstić information content (AvgIpc) is 2.63. The van der Waals surface area contributed by atoms with Crippen LogP contribution >= 0.6 is 0 Å². The molecule has 3 rings (SSSR count). The minimum Gasteiger partial charge on any atom is -0.489 e. The second kappa shape index (κ2) is 10.8. The third-order valence-corrected chi connectivity index (χ3v) is 3.68. The van der Waals surface area contributed by atoms with Gasteiger partial charge < -0.3 is 19.9 Å². The fourth-order valence-corrected chi connectivity index (χ4v) is 2.32. The summed E-state index contributed by atoms with van der Waals surface area (Å²) in [6.45, 7) is 5.66. The van der Waals surface area contributed by atoms with Crippen LogP contribution in [0.5, 0.6) is 5.75 Å². The predicted octanol–water partition coefficient (Wildman–Crippen LogP) is 2.80. The Hall–Kier alpha value is -1.88. The van der Waals surface area contributed by atoms with Crippen LogP contribution in [0.1, 0.15) is 18.1 Å². The van der Waals surface area contributed by atoms with E-state index in [1.807, 2.05) is 54.6 Å². The molecule has 0 aromatic heterocycles. The first-order valence-electron chi connectivity index (χ1n) is 8.45. The monoisotopic (exact) mass is 329 g/mol. The van der Waals surface area contributed by atoms with E-state index >= 15 is 0 Å². The molecule has 0 saturated carbocycles. The highest BCUT2D eigenvalue weighted by Gasteiger charge is 2.04. The molecule has 1 heterocycles. The van der Waals surface area contributed by atoms with Gasteiger partial charge in [-0.1, -0.05) is 42.5 Å². The highest BCUT2D eigenvalue weighted by atomic mass is 16.5. The number of ether oxygens (including phenoxy) is 2. The van der Waals surface area contributed by atoms with Crippen LogP contribution in [0.4, 0.5) is 0 Å². The van der Waals surface area contributed by atoms with E-state index in [2.05, 4.69) is 12.2 Å². The van der Waals surface area contributed by atoms with Crippen LogP contribution in [0.2, 0.25) is 0 Å². The Morgan fingerprint density at radius 2 is 1.83 bits per heavy atom. The van der Waals surface area contributed by atoms with Crippen LogP contribution in [0.25, 0.3) is 0 Å². The summed E-state index contributed by atoms with van der Waals surface area (Å²) in [6, 6.07) is 18.5. The summed E-state index contributed by atoms with van der Waals surface area (Å²) in [7, 11) is 0. The van der Waals surface area contributed by atoms with Crippen LogP contribution in [0.15, 0.2) is 54.6 Å². The molecule has 0 amide bonds. The highest BCUT2D eigenvalue weighted by molar-refractivity contribution is 5.27. The molecule has 1 fully saturated rings. The molecule has 0 bridgehead atoms. The molecule has 4 heteroatoms. The highest BCUT2D eigenvalue weighted by Crippen LogP contribution is 2.14. The minimum atomic E-state index is 0.185. The summed E-state index contributed by atoms with van der Waals surface area (Å²) >= 11 is 0. The van der Waals surface area contributed by atoms with Crippen molar-refractivity contribution in [2.45, 2.75) is 26.0 Å². The number of aliphatic hydroxyl groups is 1. The maximum Gasteiger partial charge on any atom is 0.119 e. The molecule has 1 saturated heterocycles. The van der Waals surface area contributed by atoms with Gasteiger partial charge in [0.1, 0.15) is 12.4 Å². The van der Waals surface area contributed by atoms with Crippen molar-refractivity contribution < 1.29 is 14.6 Å². The molecule has 0 radical (unpaired) electrons. The van der Waals surface area contributed by atoms with Crippen molar-refractivity contribution in [3.63, 3.8) is 0 Å². The molecule has 130 valence electrons. The Morgan fingerprint density at radius 1 is 1.08 bits per heavy atom. The van der Waals surface area contributed by atoms with Crippen molar-refractivity contribution in [1.82, 2.24) is 5.32 Å². The van der Waals surface area contributed by atoms with E-state index in [0.717, 1.165) is 36.6 Å². The normalized spacial score (nSPS) is 16.8. The van der Waals surface area contributed by atoms with Gasteiger partial charge in [-0.2, -0.15) is 0 Å². The standard InChI is InChI=1S/C15H16O2.C5H11NO/c16-11-10-13-6-8-15(9-7-13)17-12-14-4-2-1-3-5-14;1-5-4-7-3-2-6-5/h1-9,16H,10-12H2;5-6H,2-4H2,1H3.